The molecule has 1 saturated heterocycles. The van der Waals surface area contributed by atoms with Gasteiger partial charge in [0.25, 0.3) is 0 Å². The summed E-state index contributed by atoms with van der Waals surface area (Å²) < 4.78 is 0. The zero-order valence-electron chi connectivity index (χ0n) is 14.1. The number of carbonyl (C=O) groups is 2. The van der Waals surface area contributed by atoms with Crippen LogP contribution in [0.15, 0.2) is 48.6 Å². The molecule has 1 aromatic carbocycles. The van der Waals surface area contributed by atoms with E-state index in [1.54, 1.807) is 0 Å². The molecular weight excluding hydrogens is 312 g/mol. The topological polar surface area (TPSA) is 49.4 Å². The minimum atomic E-state index is -0.0526. The second kappa shape index (κ2) is 5.58. The van der Waals surface area contributed by atoms with E-state index in [9.17, 15) is 9.59 Å². The summed E-state index contributed by atoms with van der Waals surface area (Å²) in [5, 5.41) is 3.46. The number of imide groups is 1. The highest BCUT2D eigenvalue weighted by molar-refractivity contribution is 6.22. The van der Waals surface area contributed by atoms with E-state index in [1.165, 1.54) is 4.90 Å². The van der Waals surface area contributed by atoms with Crippen molar-refractivity contribution < 1.29 is 9.59 Å². The third kappa shape index (κ3) is 2.27. The fourth-order valence-corrected chi connectivity index (χ4v) is 5.27. The predicted octanol–water partition coefficient (Wildman–Crippen LogP) is 3.52. The van der Waals surface area contributed by atoms with Gasteiger partial charge in [-0.2, -0.15) is 0 Å². The molecule has 5 rings (SSSR count). The zero-order chi connectivity index (χ0) is 17.0. The van der Waals surface area contributed by atoms with Crippen molar-refractivity contribution in [3.05, 3.63) is 48.6 Å². The summed E-state index contributed by atoms with van der Waals surface area (Å²) in [6.07, 6.45) is 12.6. The smallest absolute Gasteiger partial charge is 0.237 e. The molecule has 5 atom stereocenters. The fraction of sp³-hybridized carbons (Fsp3) is 0.429. The maximum atomic E-state index is 12.9. The third-order valence-electron chi connectivity index (χ3n) is 6.39. The van der Waals surface area contributed by atoms with Gasteiger partial charge in [-0.1, -0.05) is 24.3 Å². The lowest BCUT2D eigenvalue weighted by atomic mass is 9.81. The number of fused-ring (bicyclic) bond motifs is 5. The molecule has 1 heterocycles. The molecule has 0 spiro atoms. The van der Waals surface area contributed by atoms with Crippen LogP contribution in [-0.2, 0) is 9.59 Å². The van der Waals surface area contributed by atoms with Crippen LogP contribution in [0.1, 0.15) is 25.7 Å². The number of amides is 2. The Labute approximate surface area is 147 Å². The number of hydrogen-bond donors (Lipinski definition) is 1. The summed E-state index contributed by atoms with van der Waals surface area (Å²) in [7, 11) is 0. The average molecular weight is 334 g/mol. The predicted molar refractivity (Wildman–Crippen MR) is 97.1 cm³/mol. The van der Waals surface area contributed by atoms with Gasteiger partial charge in [-0.15, -0.1) is 0 Å². The molecule has 0 aromatic heterocycles. The Bertz CT molecular complexity index is 752. The normalized spacial score (nSPS) is 35.5. The maximum Gasteiger partial charge on any atom is 0.237 e. The zero-order valence-corrected chi connectivity index (χ0v) is 14.1. The quantitative estimate of drug-likeness (QED) is 0.861. The van der Waals surface area contributed by atoms with Gasteiger partial charge in [0.2, 0.25) is 11.8 Å². The first kappa shape index (κ1) is 14.9. The number of benzene rings is 1. The Morgan fingerprint density at radius 1 is 0.920 bits per heavy atom. The van der Waals surface area contributed by atoms with Crippen molar-refractivity contribution in [2.75, 3.05) is 10.2 Å². The van der Waals surface area contributed by atoms with Crippen molar-refractivity contribution in [3.63, 3.8) is 0 Å². The molecule has 5 unspecified atom stereocenters. The van der Waals surface area contributed by atoms with E-state index in [1.807, 2.05) is 30.3 Å². The number of rotatable bonds is 3. The highest BCUT2D eigenvalue weighted by atomic mass is 16.2. The Kier molecular flexibility index (Phi) is 3.34. The largest absolute Gasteiger partial charge is 0.379 e. The van der Waals surface area contributed by atoms with Gasteiger partial charge in [-0.05, 0) is 61.8 Å². The Morgan fingerprint density at radius 2 is 1.60 bits per heavy atom. The molecule has 1 aliphatic heterocycles. The van der Waals surface area contributed by atoms with Crippen LogP contribution in [0.25, 0.3) is 0 Å². The van der Waals surface area contributed by atoms with Crippen LogP contribution in [0.5, 0.6) is 0 Å². The summed E-state index contributed by atoms with van der Waals surface area (Å²) in [6.45, 7) is 0. The molecule has 0 radical (unpaired) electrons. The third-order valence-corrected chi connectivity index (χ3v) is 6.39. The van der Waals surface area contributed by atoms with Gasteiger partial charge in [-0.25, -0.2) is 0 Å². The first-order valence-corrected chi connectivity index (χ1v) is 9.30. The monoisotopic (exact) mass is 334 g/mol. The van der Waals surface area contributed by atoms with Gasteiger partial charge < -0.3 is 5.32 Å². The van der Waals surface area contributed by atoms with E-state index in [2.05, 4.69) is 23.5 Å². The van der Waals surface area contributed by atoms with Crippen molar-refractivity contribution >= 4 is 23.2 Å². The number of carbonyl (C=O) groups excluding carboxylic acids is 2. The first-order chi connectivity index (χ1) is 12.2. The average Bonchev–Trinajstić information content (AvgIpc) is 3.31. The number of nitrogens with one attached hydrogen (secondary N) is 1. The van der Waals surface area contributed by atoms with Crippen LogP contribution in [0.4, 0.5) is 11.4 Å². The summed E-state index contributed by atoms with van der Waals surface area (Å²) in [6, 6.07) is 8.00. The van der Waals surface area contributed by atoms with Crippen LogP contribution in [0.3, 0.4) is 0 Å². The van der Waals surface area contributed by atoms with E-state index in [0.717, 1.165) is 31.4 Å². The molecule has 2 amide bonds. The van der Waals surface area contributed by atoms with Crippen LogP contribution in [-0.4, -0.2) is 17.9 Å². The summed E-state index contributed by atoms with van der Waals surface area (Å²) >= 11 is 0. The molecule has 4 aliphatic rings. The van der Waals surface area contributed by atoms with Crippen LogP contribution < -0.4 is 10.2 Å². The molecule has 1 aromatic rings. The molecule has 128 valence electrons. The lowest BCUT2D eigenvalue weighted by molar-refractivity contribution is -0.123. The number of allylic oxidation sites excluding steroid dienone is 2. The fourth-order valence-electron chi connectivity index (χ4n) is 5.27. The van der Waals surface area contributed by atoms with Gasteiger partial charge in [-0.3, -0.25) is 14.5 Å². The number of anilines is 2. The van der Waals surface area contributed by atoms with E-state index in [-0.39, 0.29) is 23.7 Å². The van der Waals surface area contributed by atoms with Gasteiger partial charge >= 0.3 is 0 Å². The van der Waals surface area contributed by atoms with Crippen molar-refractivity contribution in [1.29, 1.82) is 0 Å². The maximum absolute atomic E-state index is 12.9. The standard InChI is InChI=1S/C21H22N2O2/c24-20-18-13-6-7-14(12-13)19(18)21(25)23(20)17-10-8-16(9-11-17)22-15-4-2-1-3-5-15/h1-4,8-11,13-15,18-19,22H,5-7,12H2. The second-order valence-electron chi connectivity index (χ2n) is 7.74. The van der Waals surface area contributed by atoms with E-state index >= 15 is 0 Å². The lowest BCUT2D eigenvalue weighted by Gasteiger charge is -2.19. The highest BCUT2D eigenvalue weighted by Crippen LogP contribution is 2.56. The Morgan fingerprint density at radius 3 is 2.20 bits per heavy atom. The molecule has 3 aliphatic carbocycles. The van der Waals surface area contributed by atoms with E-state index in [0.29, 0.717) is 23.6 Å². The van der Waals surface area contributed by atoms with Crippen molar-refractivity contribution in [2.45, 2.75) is 31.7 Å². The molecule has 2 bridgehead atoms. The van der Waals surface area contributed by atoms with Gasteiger partial charge in [0, 0.05) is 11.7 Å². The van der Waals surface area contributed by atoms with Crippen molar-refractivity contribution in [1.82, 2.24) is 0 Å². The van der Waals surface area contributed by atoms with Gasteiger partial charge in [0.05, 0.1) is 17.5 Å². The van der Waals surface area contributed by atoms with Crippen LogP contribution in [0, 0.1) is 23.7 Å². The van der Waals surface area contributed by atoms with Gasteiger partial charge in [0.1, 0.15) is 0 Å². The number of hydrogen-bond acceptors (Lipinski definition) is 3. The Balaban J connectivity index is 1.35. The SMILES string of the molecule is O=C1C2C3CCC(C3)C2C(=O)N1c1ccc(NC2C=CC=CC2)cc1. The minimum Gasteiger partial charge on any atom is -0.379 e. The van der Waals surface area contributed by atoms with E-state index in [4.69, 9.17) is 0 Å². The van der Waals surface area contributed by atoms with Gasteiger partial charge in [0.15, 0.2) is 0 Å². The van der Waals surface area contributed by atoms with Crippen molar-refractivity contribution in [2.24, 2.45) is 23.7 Å². The molecule has 25 heavy (non-hydrogen) atoms. The highest BCUT2D eigenvalue weighted by Gasteiger charge is 2.61. The molecule has 4 nitrogen and oxygen atoms in total. The molecule has 3 fully saturated rings. The second-order valence-corrected chi connectivity index (χ2v) is 7.74. The molecular formula is C21H22N2O2. The van der Waals surface area contributed by atoms with Crippen molar-refractivity contribution in [3.8, 4) is 0 Å². The lowest BCUT2D eigenvalue weighted by Crippen LogP contribution is -2.32. The number of nitrogens with zero attached hydrogens (tertiary/aromatic N) is 1. The summed E-state index contributed by atoms with van der Waals surface area (Å²) in [5.41, 5.74) is 1.72. The minimum absolute atomic E-state index is 0.0308. The van der Waals surface area contributed by atoms with E-state index < -0.39 is 0 Å². The summed E-state index contributed by atoms with van der Waals surface area (Å²) in [5.74, 6) is 0.824. The molecule has 2 saturated carbocycles. The molecule has 1 N–H and O–H groups in total. The Hall–Kier alpha value is -2.36. The summed E-state index contributed by atoms with van der Waals surface area (Å²) in [4.78, 5) is 27.2. The van der Waals surface area contributed by atoms with Crippen LogP contribution in [0.2, 0.25) is 0 Å². The molecule has 4 heteroatoms. The van der Waals surface area contributed by atoms with Crippen LogP contribution >= 0.6 is 0 Å². The first-order valence-electron chi connectivity index (χ1n) is 9.30.